The van der Waals surface area contributed by atoms with Gasteiger partial charge in [-0.3, -0.25) is 9.69 Å². The molecule has 1 saturated heterocycles. The zero-order valence-corrected chi connectivity index (χ0v) is 10.1. The van der Waals surface area contributed by atoms with Gasteiger partial charge in [-0.25, -0.2) is 0 Å². The normalized spacial score (nSPS) is 21.4. The fraction of sp³-hybridized carbons (Fsp3) is 0.500. The van der Waals surface area contributed by atoms with Crippen molar-refractivity contribution in [2.75, 3.05) is 26.2 Å². The van der Waals surface area contributed by atoms with Gasteiger partial charge in [0, 0.05) is 12.1 Å². The lowest BCUT2D eigenvalue weighted by Crippen LogP contribution is -2.41. The Hall–Kier alpha value is -1.19. The predicted molar refractivity (Wildman–Crippen MR) is 69.0 cm³/mol. The monoisotopic (exact) mass is 232 g/mol. The average Bonchev–Trinajstić information content (AvgIpc) is 2.40. The third kappa shape index (κ3) is 3.38. The summed E-state index contributed by atoms with van der Waals surface area (Å²) in [6.07, 6.45) is 2.36. The van der Waals surface area contributed by atoms with E-state index in [1.807, 2.05) is 30.3 Å². The standard InChI is InChI=1S/C14H20N2O/c15-9-12-5-4-8-16(10-12)11-14(17)13-6-2-1-3-7-13/h1-3,6-7,12H,4-5,8-11,15H2/t12-/m0/s1. The van der Waals surface area contributed by atoms with Crippen molar-refractivity contribution in [3.05, 3.63) is 35.9 Å². The van der Waals surface area contributed by atoms with Gasteiger partial charge in [0.05, 0.1) is 6.54 Å². The number of hydrogen-bond acceptors (Lipinski definition) is 3. The summed E-state index contributed by atoms with van der Waals surface area (Å²) in [5.74, 6) is 0.774. The number of hydrogen-bond donors (Lipinski definition) is 1. The molecule has 0 aromatic heterocycles. The van der Waals surface area contributed by atoms with Crippen LogP contribution in [-0.2, 0) is 0 Å². The average molecular weight is 232 g/mol. The van der Waals surface area contributed by atoms with E-state index in [-0.39, 0.29) is 5.78 Å². The lowest BCUT2D eigenvalue weighted by atomic mass is 9.98. The van der Waals surface area contributed by atoms with Gasteiger partial charge in [-0.1, -0.05) is 30.3 Å². The molecule has 17 heavy (non-hydrogen) atoms. The molecule has 1 aromatic rings. The van der Waals surface area contributed by atoms with Crippen LogP contribution in [-0.4, -0.2) is 36.9 Å². The zero-order chi connectivity index (χ0) is 12.1. The van der Waals surface area contributed by atoms with Gasteiger partial charge in [-0.05, 0) is 31.8 Å². The van der Waals surface area contributed by atoms with Gasteiger partial charge in [0.15, 0.2) is 5.78 Å². The number of benzene rings is 1. The summed E-state index contributed by atoms with van der Waals surface area (Å²) in [5, 5.41) is 0. The maximum atomic E-state index is 12.0. The molecule has 0 aliphatic carbocycles. The van der Waals surface area contributed by atoms with Gasteiger partial charge in [0.25, 0.3) is 0 Å². The van der Waals surface area contributed by atoms with Crippen molar-refractivity contribution in [1.82, 2.24) is 4.90 Å². The van der Waals surface area contributed by atoms with E-state index in [1.54, 1.807) is 0 Å². The van der Waals surface area contributed by atoms with Crippen LogP contribution in [0.3, 0.4) is 0 Å². The van der Waals surface area contributed by atoms with Crippen molar-refractivity contribution < 1.29 is 4.79 Å². The van der Waals surface area contributed by atoms with E-state index < -0.39 is 0 Å². The van der Waals surface area contributed by atoms with Crippen LogP contribution in [0.25, 0.3) is 0 Å². The van der Waals surface area contributed by atoms with Crippen molar-refractivity contribution >= 4 is 5.78 Å². The minimum absolute atomic E-state index is 0.211. The Morgan fingerprint density at radius 1 is 1.35 bits per heavy atom. The molecule has 0 unspecified atom stereocenters. The van der Waals surface area contributed by atoms with E-state index in [0.717, 1.165) is 31.6 Å². The number of rotatable bonds is 4. The van der Waals surface area contributed by atoms with Crippen molar-refractivity contribution in [3.63, 3.8) is 0 Å². The second kappa shape index (κ2) is 5.94. The number of Topliss-reactive ketones (excluding diaryl/α,β-unsaturated/α-hetero) is 1. The summed E-state index contributed by atoms with van der Waals surface area (Å²) in [6, 6.07) is 9.51. The largest absolute Gasteiger partial charge is 0.330 e. The fourth-order valence-electron chi connectivity index (χ4n) is 2.41. The van der Waals surface area contributed by atoms with E-state index in [9.17, 15) is 4.79 Å². The molecule has 1 heterocycles. The number of nitrogens with zero attached hydrogens (tertiary/aromatic N) is 1. The van der Waals surface area contributed by atoms with E-state index in [4.69, 9.17) is 5.73 Å². The number of carbonyl (C=O) groups is 1. The van der Waals surface area contributed by atoms with Crippen LogP contribution in [0.5, 0.6) is 0 Å². The van der Waals surface area contributed by atoms with Crippen LogP contribution in [0.1, 0.15) is 23.2 Å². The molecule has 1 aromatic carbocycles. The van der Waals surface area contributed by atoms with Gasteiger partial charge in [0.1, 0.15) is 0 Å². The fourth-order valence-corrected chi connectivity index (χ4v) is 2.41. The van der Waals surface area contributed by atoms with Crippen LogP contribution in [0.15, 0.2) is 30.3 Å². The van der Waals surface area contributed by atoms with Crippen molar-refractivity contribution in [2.45, 2.75) is 12.8 Å². The Labute approximate surface area is 103 Å². The number of nitrogens with two attached hydrogens (primary N) is 1. The Kier molecular flexibility index (Phi) is 4.29. The molecule has 1 aliphatic rings. The second-order valence-corrected chi connectivity index (χ2v) is 4.77. The highest BCUT2D eigenvalue weighted by Gasteiger charge is 2.20. The molecule has 1 fully saturated rings. The maximum Gasteiger partial charge on any atom is 0.176 e. The molecule has 0 amide bonds. The molecule has 0 radical (unpaired) electrons. The molecular formula is C14H20N2O. The van der Waals surface area contributed by atoms with Crippen molar-refractivity contribution in [3.8, 4) is 0 Å². The van der Waals surface area contributed by atoms with Crippen LogP contribution < -0.4 is 5.73 Å². The first kappa shape index (κ1) is 12.3. The predicted octanol–water partition coefficient (Wildman–Crippen LogP) is 1.54. The molecule has 0 bridgehead atoms. The van der Waals surface area contributed by atoms with Crippen LogP contribution in [0, 0.1) is 5.92 Å². The first-order valence-corrected chi connectivity index (χ1v) is 6.30. The second-order valence-electron chi connectivity index (χ2n) is 4.77. The first-order valence-electron chi connectivity index (χ1n) is 6.30. The molecule has 1 atom stereocenters. The van der Waals surface area contributed by atoms with Crippen molar-refractivity contribution in [1.29, 1.82) is 0 Å². The van der Waals surface area contributed by atoms with E-state index in [2.05, 4.69) is 4.90 Å². The van der Waals surface area contributed by atoms with E-state index in [1.165, 1.54) is 6.42 Å². The SMILES string of the molecule is NC[C@@H]1CCCN(CC(=O)c2ccccc2)C1. The van der Waals surface area contributed by atoms with E-state index in [0.29, 0.717) is 12.5 Å². The molecule has 1 aliphatic heterocycles. The molecule has 0 spiro atoms. The quantitative estimate of drug-likeness (QED) is 0.801. The molecule has 92 valence electrons. The third-order valence-electron chi connectivity index (χ3n) is 3.40. The smallest absolute Gasteiger partial charge is 0.176 e. The molecule has 3 heteroatoms. The molecular weight excluding hydrogens is 212 g/mol. The number of carbonyl (C=O) groups excluding carboxylic acids is 1. The van der Waals surface area contributed by atoms with Gasteiger partial charge in [-0.2, -0.15) is 0 Å². The van der Waals surface area contributed by atoms with Crippen LogP contribution in [0.4, 0.5) is 0 Å². The minimum Gasteiger partial charge on any atom is -0.330 e. The summed E-state index contributed by atoms with van der Waals surface area (Å²) in [7, 11) is 0. The Morgan fingerprint density at radius 3 is 2.82 bits per heavy atom. The summed E-state index contributed by atoms with van der Waals surface area (Å²) in [4.78, 5) is 14.3. The van der Waals surface area contributed by atoms with Gasteiger partial charge in [-0.15, -0.1) is 0 Å². The summed E-state index contributed by atoms with van der Waals surface area (Å²) < 4.78 is 0. The third-order valence-corrected chi connectivity index (χ3v) is 3.40. The van der Waals surface area contributed by atoms with Gasteiger partial charge < -0.3 is 5.73 Å². The molecule has 0 saturated carbocycles. The van der Waals surface area contributed by atoms with E-state index >= 15 is 0 Å². The molecule has 2 rings (SSSR count). The highest BCUT2D eigenvalue weighted by Crippen LogP contribution is 2.15. The highest BCUT2D eigenvalue weighted by molar-refractivity contribution is 5.97. The Bertz CT molecular complexity index is 364. The van der Waals surface area contributed by atoms with Crippen LogP contribution in [0.2, 0.25) is 0 Å². The van der Waals surface area contributed by atoms with Crippen molar-refractivity contribution in [2.24, 2.45) is 11.7 Å². The lowest BCUT2D eigenvalue weighted by Gasteiger charge is -2.31. The Morgan fingerprint density at radius 2 is 2.12 bits per heavy atom. The zero-order valence-electron chi connectivity index (χ0n) is 10.1. The topological polar surface area (TPSA) is 46.3 Å². The lowest BCUT2D eigenvalue weighted by molar-refractivity contribution is 0.0889. The number of ketones is 1. The molecule has 2 N–H and O–H groups in total. The van der Waals surface area contributed by atoms with Crippen LogP contribution >= 0.6 is 0 Å². The first-order chi connectivity index (χ1) is 8.29. The summed E-state index contributed by atoms with van der Waals surface area (Å²) in [6.45, 7) is 3.25. The minimum atomic E-state index is 0.211. The summed E-state index contributed by atoms with van der Waals surface area (Å²) >= 11 is 0. The highest BCUT2D eigenvalue weighted by atomic mass is 16.1. The van der Waals surface area contributed by atoms with Gasteiger partial charge in [0.2, 0.25) is 0 Å². The van der Waals surface area contributed by atoms with Gasteiger partial charge >= 0.3 is 0 Å². The maximum absolute atomic E-state index is 12.0. The number of likely N-dealkylation sites (tertiary alicyclic amines) is 1. The summed E-state index contributed by atoms with van der Waals surface area (Å²) in [5.41, 5.74) is 6.50. The Balaban J connectivity index is 1.90. The number of piperidine rings is 1. The molecule has 3 nitrogen and oxygen atoms in total.